The van der Waals surface area contributed by atoms with Gasteiger partial charge in [0.2, 0.25) is 5.91 Å². The molecule has 21 heavy (non-hydrogen) atoms. The zero-order valence-electron chi connectivity index (χ0n) is 12.1. The molecule has 114 valence electrons. The van der Waals surface area contributed by atoms with Gasteiger partial charge in [0.25, 0.3) is 0 Å². The van der Waals surface area contributed by atoms with E-state index in [1.54, 1.807) is 23.1 Å². The molecule has 0 bridgehead atoms. The monoisotopic (exact) mass is 311 g/mol. The summed E-state index contributed by atoms with van der Waals surface area (Å²) in [7, 11) is 1.33. The molecule has 1 aromatic rings. The van der Waals surface area contributed by atoms with Crippen LogP contribution in [0.4, 0.5) is 5.69 Å². The Hall–Kier alpha value is -1.75. The minimum Gasteiger partial charge on any atom is -0.492 e. The lowest BCUT2D eigenvalue weighted by atomic mass is 10.1. The summed E-state index contributed by atoms with van der Waals surface area (Å²) in [6, 6.07) is 5.20. The Labute approximate surface area is 128 Å². The van der Waals surface area contributed by atoms with Crippen molar-refractivity contribution < 1.29 is 19.1 Å². The van der Waals surface area contributed by atoms with E-state index in [4.69, 9.17) is 16.3 Å². The van der Waals surface area contributed by atoms with Gasteiger partial charge in [-0.3, -0.25) is 9.59 Å². The van der Waals surface area contributed by atoms with E-state index in [0.717, 1.165) is 6.42 Å². The first kappa shape index (κ1) is 15.6. The van der Waals surface area contributed by atoms with Gasteiger partial charge in [0.1, 0.15) is 5.75 Å². The van der Waals surface area contributed by atoms with Crippen LogP contribution in [0.5, 0.6) is 5.75 Å². The minimum absolute atomic E-state index is 0.108. The first-order valence-corrected chi connectivity index (χ1v) is 7.25. The maximum absolute atomic E-state index is 12.0. The van der Waals surface area contributed by atoms with Crippen LogP contribution < -0.4 is 9.64 Å². The van der Waals surface area contributed by atoms with Crippen molar-refractivity contribution in [2.45, 2.75) is 19.8 Å². The van der Waals surface area contributed by atoms with Gasteiger partial charge in [0.15, 0.2) is 0 Å². The smallest absolute Gasteiger partial charge is 0.311 e. The maximum Gasteiger partial charge on any atom is 0.311 e. The van der Waals surface area contributed by atoms with E-state index in [-0.39, 0.29) is 18.3 Å². The van der Waals surface area contributed by atoms with Gasteiger partial charge in [0.05, 0.1) is 24.7 Å². The average molecular weight is 312 g/mol. The van der Waals surface area contributed by atoms with Crippen molar-refractivity contribution in [2.75, 3.05) is 25.2 Å². The van der Waals surface area contributed by atoms with Gasteiger partial charge in [-0.25, -0.2) is 0 Å². The zero-order valence-corrected chi connectivity index (χ0v) is 12.9. The number of carbonyl (C=O) groups is 2. The van der Waals surface area contributed by atoms with E-state index < -0.39 is 5.92 Å². The molecule has 1 unspecified atom stereocenters. The second-order valence-corrected chi connectivity index (χ2v) is 5.30. The number of esters is 1. The number of rotatable bonds is 5. The van der Waals surface area contributed by atoms with Crippen LogP contribution in [0.15, 0.2) is 18.2 Å². The van der Waals surface area contributed by atoms with Crippen molar-refractivity contribution in [3.05, 3.63) is 23.2 Å². The Bertz CT molecular complexity index is 546. The molecular formula is C15H18ClNO4. The zero-order chi connectivity index (χ0) is 15.4. The van der Waals surface area contributed by atoms with Crippen molar-refractivity contribution in [2.24, 2.45) is 5.92 Å². The molecule has 0 N–H and O–H groups in total. The van der Waals surface area contributed by atoms with Crippen LogP contribution in [-0.2, 0) is 14.3 Å². The molecule has 1 saturated heterocycles. The molecule has 6 heteroatoms. The molecule has 2 rings (SSSR count). The summed E-state index contributed by atoms with van der Waals surface area (Å²) in [5.74, 6) is -0.292. The Morgan fingerprint density at radius 2 is 2.24 bits per heavy atom. The number of anilines is 1. The third-order valence-electron chi connectivity index (χ3n) is 3.35. The highest BCUT2D eigenvalue weighted by atomic mass is 35.5. The van der Waals surface area contributed by atoms with E-state index in [1.165, 1.54) is 7.11 Å². The van der Waals surface area contributed by atoms with Gasteiger partial charge in [-0.1, -0.05) is 18.5 Å². The molecule has 1 aliphatic rings. The summed E-state index contributed by atoms with van der Waals surface area (Å²) in [5.41, 5.74) is 0.667. The van der Waals surface area contributed by atoms with Gasteiger partial charge in [-0.2, -0.15) is 0 Å². The fraction of sp³-hybridized carbons (Fsp3) is 0.467. The van der Waals surface area contributed by atoms with E-state index in [2.05, 4.69) is 4.74 Å². The summed E-state index contributed by atoms with van der Waals surface area (Å²) < 4.78 is 10.2. The molecule has 1 aromatic carbocycles. The Morgan fingerprint density at radius 1 is 1.48 bits per heavy atom. The lowest BCUT2D eigenvalue weighted by Crippen LogP contribution is -2.26. The number of hydrogen-bond acceptors (Lipinski definition) is 4. The van der Waals surface area contributed by atoms with Crippen molar-refractivity contribution in [3.63, 3.8) is 0 Å². The van der Waals surface area contributed by atoms with Gasteiger partial charge < -0.3 is 14.4 Å². The SMILES string of the molecule is CCCOc1ccc(N2CC(C(=O)OC)CC2=O)cc1Cl. The molecule has 0 radical (unpaired) electrons. The second kappa shape index (κ2) is 6.80. The van der Waals surface area contributed by atoms with Gasteiger partial charge in [-0.05, 0) is 24.6 Å². The van der Waals surface area contributed by atoms with Crippen LogP contribution in [0, 0.1) is 5.92 Å². The second-order valence-electron chi connectivity index (χ2n) is 4.89. The molecule has 0 aromatic heterocycles. The topological polar surface area (TPSA) is 55.8 Å². The summed E-state index contributed by atoms with van der Waals surface area (Å²) in [6.07, 6.45) is 1.06. The van der Waals surface area contributed by atoms with Crippen molar-refractivity contribution >= 4 is 29.2 Å². The summed E-state index contributed by atoms with van der Waals surface area (Å²) in [4.78, 5) is 25.1. The Morgan fingerprint density at radius 3 is 2.86 bits per heavy atom. The molecule has 0 aliphatic carbocycles. The fourth-order valence-corrected chi connectivity index (χ4v) is 2.50. The van der Waals surface area contributed by atoms with E-state index >= 15 is 0 Å². The number of methoxy groups -OCH3 is 1. The third kappa shape index (κ3) is 3.47. The predicted octanol–water partition coefficient (Wildman–Crippen LogP) is 2.65. The van der Waals surface area contributed by atoms with E-state index in [1.807, 2.05) is 6.92 Å². The number of nitrogens with zero attached hydrogens (tertiary/aromatic N) is 1. The molecule has 1 amide bonds. The molecule has 1 atom stereocenters. The number of halogens is 1. The molecule has 5 nitrogen and oxygen atoms in total. The molecular weight excluding hydrogens is 294 g/mol. The minimum atomic E-state index is -0.419. The third-order valence-corrected chi connectivity index (χ3v) is 3.64. The summed E-state index contributed by atoms with van der Waals surface area (Å²) in [5, 5.41) is 0.454. The standard InChI is InChI=1S/C15H18ClNO4/c1-3-6-21-13-5-4-11(8-12(13)16)17-9-10(7-14(17)18)15(19)20-2/h4-5,8,10H,3,6-7,9H2,1-2H3. The molecule has 1 fully saturated rings. The molecule has 1 heterocycles. The van der Waals surface area contributed by atoms with Gasteiger partial charge in [0, 0.05) is 18.7 Å². The first-order valence-electron chi connectivity index (χ1n) is 6.87. The van der Waals surface area contributed by atoms with Gasteiger partial charge >= 0.3 is 5.97 Å². The highest BCUT2D eigenvalue weighted by molar-refractivity contribution is 6.32. The largest absolute Gasteiger partial charge is 0.492 e. The van der Waals surface area contributed by atoms with Crippen molar-refractivity contribution in [1.82, 2.24) is 0 Å². The molecule has 0 spiro atoms. The summed E-state index contributed by atoms with van der Waals surface area (Å²) in [6.45, 7) is 2.92. The van der Waals surface area contributed by atoms with Crippen LogP contribution >= 0.6 is 11.6 Å². The predicted molar refractivity (Wildman–Crippen MR) is 79.7 cm³/mol. The first-order chi connectivity index (χ1) is 10.1. The number of benzene rings is 1. The summed E-state index contributed by atoms with van der Waals surface area (Å²) >= 11 is 6.16. The van der Waals surface area contributed by atoms with Crippen molar-refractivity contribution in [1.29, 1.82) is 0 Å². The normalized spacial score (nSPS) is 18.0. The fourth-order valence-electron chi connectivity index (χ4n) is 2.27. The molecule has 1 aliphatic heterocycles. The number of ether oxygens (including phenoxy) is 2. The van der Waals surface area contributed by atoms with Crippen LogP contribution in [0.2, 0.25) is 5.02 Å². The van der Waals surface area contributed by atoms with Crippen LogP contribution in [0.1, 0.15) is 19.8 Å². The number of hydrogen-bond donors (Lipinski definition) is 0. The molecule has 0 saturated carbocycles. The average Bonchev–Trinajstić information content (AvgIpc) is 2.87. The lowest BCUT2D eigenvalue weighted by molar-refractivity contribution is -0.145. The maximum atomic E-state index is 12.0. The Balaban J connectivity index is 2.13. The number of carbonyl (C=O) groups excluding carboxylic acids is 2. The Kier molecular flexibility index (Phi) is 5.07. The van der Waals surface area contributed by atoms with Crippen LogP contribution in [-0.4, -0.2) is 32.1 Å². The van der Waals surface area contributed by atoms with E-state index in [9.17, 15) is 9.59 Å². The van der Waals surface area contributed by atoms with Crippen molar-refractivity contribution in [3.8, 4) is 5.75 Å². The quantitative estimate of drug-likeness (QED) is 0.784. The van der Waals surface area contributed by atoms with Crippen LogP contribution in [0.3, 0.4) is 0 Å². The number of amides is 1. The van der Waals surface area contributed by atoms with Crippen LogP contribution in [0.25, 0.3) is 0 Å². The van der Waals surface area contributed by atoms with Gasteiger partial charge in [-0.15, -0.1) is 0 Å². The lowest BCUT2D eigenvalue weighted by Gasteiger charge is -2.17. The highest BCUT2D eigenvalue weighted by Gasteiger charge is 2.35. The highest BCUT2D eigenvalue weighted by Crippen LogP contribution is 2.32. The van der Waals surface area contributed by atoms with E-state index in [0.29, 0.717) is 29.6 Å².